The Bertz CT molecular complexity index is 1190. The molecule has 0 saturated heterocycles. The van der Waals surface area contributed by atoms with Crippen molar-refractivity contribution in [3.8, 4) is 11.5 Å². The molecule has 1 aliphatic rings. The van der Waals surface area contributed by atoms with E-state index < -0.39 is 19.5 Å². The van der Waals surface area contributed by atoms with Crippen LogP contribution in [0.2, 0.25) is 19.6 Å². The fraction of sp³-hybridized carbons (Fsp3) is 0.200. The average Bonchev–Trinajstić information content (AvgIpc) is 2.85. The number of rotatable bonds is 6. The lowest BCUT2D eigenvalue weighted by Gasteiger charge is -2.54. The Balaban J connectivity index is 2.01. The van der Waals surface area contributed by atoms with Crippen LogP contribution in [-0.4, -0.2) is 15.4 Å². The van der Waals surface area contributed by atoms with E-state index in [0.717, 1.165) is 33.8 Å². The highest BCUT2D eigenvalue weighted by Crippen LogP contribution is 2.61. The first-order chi connectivity index (χ1) is 16.4. The highest BCUT2D eigenvalue weighted by molar-refractivity contribution is 6.69. The van der Waals surface area contributed by atoms with Crippen molar-refractivity contribution < 1.29 is 13.9 Å². The molecule has 0 fully saturated rings. The summed E-state index contributed by atoms with van der Waals surface area (Å²) in [6, 6.07) is 37.2. The Morgan fingerprint density at radius 2 is 1.03 bits per heavy atom. The van der Waals surface area contributed by atoms with Crippen LogP contribution in [0.1, 0.15) is 22.3 Å². The molecule has 1 aliphatic heterocycles. The summed E-state index contributed by atoms with van der Waals surface area (Å²) in [6.07, 6.45) is 0. The zero-order chi connectivity index (χ0) is 23.8. The minimum atomic E-state index is -2.18. The molecule has 172 valence electrons. The zero-order valence-corrected chi connectivity index (χ0v) is 21.1. The van der Waals surface area contributed by atoms with Crippen LogP contribution in [0.4, 0.5) is 0 Å². The molecule has 0 bridgehead atoms. The fourth-order valence-electron chi connectivity index (χ4n) is 5.28. The van der Waals surface area contributed by atoms with Gasteiger partial charge in [0, 0.05) is 18.2 Å². The number of fused-ring (bicyclic) bond motifs is 2. The second-order valence-electron chi connectivity index (χ2n) is 9.61. The molecule has 0 spiro atoms. The molecule has 0 unspecified atom stereocenters. The SMILES string of the molecule is COC(c1ccccc1)(c1ccccc1)C1(O[Si](C)(C)C)c2ccccc2Oc2ccccc21. The van der Waals surface area contributed by atoms with Gasteiger partial charge in [-0.1, -0.05) is 97.1 Å². The van der Waals surface area contributed by atoms with Gasteiger partial charge in [-0.2, -0.15) is 0 Å². The van der Waals surface area contributed by atoms with Crippen LogP contribution < -0.4 is 4.74 Å². The maximum absolute atomic E-state index is 7.42. The number of benzene rings is 4. The Morgan fingerprint density at radius 1 is 0.618 bits per heavy atom. The van der Waals surface area contributed by atoms with Gasteiger partial charge in [0.05, 0.1) is 0 Å². The lowest BCUT2D eigenvalue weighted by molar-refractivity contribution is -0.128. The van der Waals surface area contributed by atoms with Crippen LogP contribution in [0.15, 0.2) is 109 Å². The Morgan fingerprint density at radius 3 is 1.44 bits per heavy atom. The van der Waals surface area contributed by atoms with E-state index in [0.29, 0.717) is 0 Å². The van der Waals surface area contributed by atoms with Crippen LogP contribution in [-0.2, 0) is 20.4 Å². The Hall–Kier alpha value is -3.18. The molecule has 0 amide bonds. The first-order valence-corrected chi connectivity index (χ1v) is 15.1. The molecular weight excluding hydrogens is 436 g/mol. The van der Waals surface area contributed by atoms with Crippen molar-refractivity contribution in [1.29, 1.82) is 0 Å². The molecule has 0 aromatic heterocycles. The number of ether oxygens (including phenoxy) is 2. The van der Waals surface area contributed by atoms with Gasteiger partial charge in [0.1, 0.15) is 11.5 Å². The first kappa shape index (κ1) is 22.6. The zero-order valence-electron chi connectivity index (χ0n) is 20.1. The molecule has 0 aliphatic carbocycles. The Labute approximate surface area is 203 Å². The highest BCUT2D eigenvalue weighted by atomic mass is 28.4. The minimum absolute atomic E-state index is 0.785. The fourth-order valence-corrected chi connectivity index (χ4v) is 6.56. The van der Waals surface area contributed by atoms with E-state index in [-0.39, 0.29) is 0 Å². The van der Waals surface area contributed by atoms with Crippen LogP contribution in [0.25, 0.3) is 0 Å². The van der Waals surface area contributed by atoms with Crippen molar-refractivity contribution >= 4 is 8.32 Å². The van der Waals surface area contributed by atoms with Gasteiger partial charge < -0.3 is 13.9 Å². The van der Waals surface area contributed by atoms with E-state index in [4.69, 9.17) is 13.9 Å². The van der Waals surface area contributed by atoms with Crippen molar-refractivity contribution in [2.75, 3.05) is 7.11 Å². The topological polar surface area (TPSA) is 27.7 Å². The largest absolute Gasteiger partial charge is 0.457 e. The summed E-state index contributed by atoms with van der Waals surface area (Å²) >= 11 is 0. The van der Waals surface area contributed by atoms with Crippen molar-refractivity contribution in [3.05, 3.63) is 131 Å². The number of hydrogen-bond donors (Lipinski definition) is 0. The molecule has 0 radical (unpaired) electrons. The smallest absolute Gasteiger partial charge is 0.185 e. The van der Waals surface area contributed by atoms with Crippen LogP contribution >= 0.6 is 0 Å². The van der Waals surface area contributed by atoms with E-state index in [9.17, 15) is 0 Å². The normalized spacial score (nSPS) is 14.6. The predicted octanol–water partition coefficient (Wildman–Crippen LogP) is 7.48. The van der Waals surface area contributed by atoms with Gasteiger partial charge in [0.25, 0.3) is 0 Å². The van der Waals surface area contributed by atoms with Gasteiger partial charge >= 0.3 is 0 Å². The number of hydrogen-bond acceptors (Lipinski definition) is 3. The summed E-state index contributed by atoms with van der Waals surface area (Å²) in [5.41, 5.74) is 2.00. The van der Waals surface area contributed by atoms with Gasteiger partial charge in [-0.05, 0) is 42.9 Å². The third-order valence-electron chi connectivity index (χ3n) is 6.37. The van der Waals surface area contributed by atoms with Gasteiger partial charge in [-0.25, -0.2) is 0 Å². The van der Waals surface area contributed by atoms with Gasteiger partial charge in [0.15, 0.2) is 19.5 Å². The van der Waals surface area contributed by atoms with Crippen LogP contribution in [0.5, 0.6) is 11.5 Å². The predicted molar refractivity (Wildman–Crippen MR) is 139 cm³/mol. The van der Waals surface area contributed by atoms with E-state index in [1.165, 1.54) is 0 Å². The highest BCUT2D eigenvalue weighted by Gasteiger charge is 2.62. The molecule has 1 heterocycles. The molecule has 34 heavy (non-hydrogen) atoms. The summed E-state index contributed by atoms with van der Waals surface area (Å²) in [4.78, 5) is 0. The standard InChI is InChI=1S/C30H30O3Si/c1-31-29(23-15-7-5-8-16-23,24-17-9-6-10-18-24)30(33-34(2,3)4)25-19-11-13-21-27(25)32-28-22-14-12-20-26(28)30/h5-22H,1-4H3. The molecular formula is C30H30O3Si. The molecule has 0 saturated carbocycles. The second-order valence-corrected chi connectivity index (χ2v) is 14.0. The lowest BCUT2D eigenvalue weighted by atomic mass is 9.65. The van der Waals surface area contributed by atoms with Crippen molar-refractivity contribution in [1.82, 2.24) is 0 Å². The Kier molecular flexibility index (Phi) is 5.68. The quantitative estimate of drug-likeness (QED) is 0.276. The average molecular weight is 467 g/mol. The summed E-state index contributed by atoms with van der Waals surface area (Å²) < 4.78 is 20.6. The molecule has 4 aromatic carbocycles. The van der Waals surface area contributed by atoms with Gasteiger partial charge in [-0.15, -0.1) is 0 Å². The van der Waals surface area contributed by atoms with Crippen molar-refractivity contribution in [3.63, 3.8) is 0 Å². The van der Waals surface area contributed by atoms with Gasteiger partial charge in [0.2, 0.25) is 0 Å². The summed E-state index contributed by atoms with van der Waals surface area (Å²) in [7, 11) is -0.394. The molecule has 5 rings (SSSR count). The van der Waals surface area contributed by atoms with E-state index >= 15 is 0 Å². The number of methoxy groups -OCH3 is 1. The molecule has 4 heteroatoms. The lowest BCUT2D eigenvalue weighted by Crippen LogP contribution is -2.58. The minimum Gasteiger partial charge on any atom is -0.457 e. The first-order valence-electron chi connectivity index (χ1n) is 11.7. The van der Waals surface area contributed by atoms with Crippen molar-refractivity contribution in [2.24, 2.45) is 0 Å². The molecule has 4 aromatic rings. The molecule has 3 nitrogen and oxygen atoms in total. The van der Waals surface area contributed by atoms with E-state index in [1.807, 2.05) is 36.4 Å². The van der Waals surface area contributed by atoms with E-state index in [2.05, 4.69) is 92.4 Å². The molecule has 0 N–H and O–H groups in total. The summed E-state index contributed by atoms with van der Waals surface area (Å²) in [5, 5.41) is 0. The maximum atomic E-state index is 7.42. The third-order valence-corrected chi connectivity index (χ3v) is 7.29. The van der Waals surface area contributed by atoms with Gasteiger partial charge in [-0.3, -0.25) is 0 Å². The summed E-state index contributed by atoms with van der Waals surface area (Å²) in [6.45, 7) is 6.68. The third kappa shape index (κ3) is 3.41. The van der Waals surface area contributed by atoms with Crippen molar-refractivity contribution in [2.45, 2.75) is 30.8 Å². The monoisotopic (exact) mass is 466 g/mol. The van der Waals surface area contributed by atoms with Crippen LogP contribution in [0, 0.1) is 0 Å². The van der Waals surface area contributed by atoms with Crippen LogP contribution in [0.3, 0.4) is 0 Å². The number of para-hydroxylation sites is 2. The molecule has 0 atom stereocenters. The second kappa shape index (κ2) is 8.55. The maximum Gasteiger partial charge on any atom is 0.185 e. The summed E-state index contributed by atoms with van der Waals surface area (Å²) in [5.74, 6) is 1.57. The van der Waals surface area contributed by atoms with E-state index in [1.54, 1.807) is 7.11 Å².